The molecule has 0 radical (unpaired) electrons. The normalized spacial score (nSPS) is 11.6. The summed E-state index contributed by atoms with van der Waals surface area (Å²) in [4.78, 5) is 10.7. The minimum Gasteiger partial charge on any atom is -0.343 e. The third kappa shape index (κ3) is 4.57. The fourth-order valence-electron chi connectivity index (χ4n) is 1.32. The van der Waals surface area contributed by atoms with Gasteiger partial charge in [0.15, 0.2) is 0 Å². The molecule has 1 aromatic heterocycles. The first-order valence-corrected chi connectivity index (χ1v) is 5.64. The fourth-order valence-corrected chi connectivity index (χ4v) is 1.32. The molecule has 4 nitrogen and oxygen atoms in total. The van der Waals surface area contributed by atoms with Crippen LogP contribution in [-0.4, -0.2) is 35.6 Å². The summed E-state index contributed by atoms with van der Waals surface area (Å²) in [6.45, 7) is 10.3. The van der Waals surface area contributed by atoms with E-state index in [4.69, 9.17) is 0 Å². The third-order valence-electron chi connectivity index (χ3n) is 2.23. The van der Waals surface area contributed by atoms with Crippen molar-refractivity contribution in [2.24, 2.45) is 0 Å². The summed E-state index contributed by atoms with van der Waals surface area (Å²) in [5.74, 6) is 0.788. The van der Waals surface area contributed by atoms with Crippen LogP contribution in [0.3, 0.4) is 0 Å². The molecule has 1 aromatic rings. The Labute approximate surface area is 98.1 Å². The molecule has 0 aliphatic rings. The Hall–Kier alpha value is -1.16. The molecule has 0 spiro atoms. The van der Waals surface area contributed by atoms with Crippen molar-refractivity contribution in [1.82, 2.24) is 15.3 Å². The van der Waals surface area contributed by atoms with Gasteiger partial charge < -0.3 is 10.2 Å². The highest BCUT2D eigenvalue weighted by Crippen LogP contribution is 2.04. The molecule has 0 amide bonds. The molecule has 1 rings (SSSR count). The number of aromatic nitrogens is 2. The van der Waals surface area contributed by atoms with Crippen LogP contribution in [0.1, 0.15) is 26.5 Å². The molecule has 1 heterocycles. The van der Waals surface area contributed by atoms with Crippen LogP contribution in [0.25, 0.3) is 0 Å². The second-order valence-electron chi connectivity index (χ2n) is 5.10. The zero-order chi connectivity index (χ0) is 12.2. The van der Waals surface area contributed by atoms with E-state index >= 15 is 0 Å². The number of hydrogen-bond donors (Lipinski definition) is 1. The minimum absolute atomic E-state index is 0.161. The molecular formula is C12H22N4. The minimum atomic E-state index is 0.161. The Balaban J connectivity index is 2.44. The number of hydrogen-bond acceptors (Lipinski definition) is 4. The number of likely N-dealkylation sites (N-methyl/N-ethyl adjacent to an activating group) is 1. The van der Waals surface area contributed by atoms with E-state index in [-0.39, 0.29) is 5.54 Å². The van der Waals surface area contributed by atoms with E-state index in [1.165, 1.54) is 0 Å². The van der Waals surface area contributed by atoms with Crippen LogP contribution in [0.2, 0.25) is 0 Å². The van der Waals surface area contributed by atoms with Crippen molar-refractivity contribution in [2.45, 2.75) is 33.2 Å². The predicted octanol–water partition coefficient (Wildman–Crippen LogP) is 1.61. The second kappa shape index (κ2) is 5.25. The molecule has 0 aliphatic carbocycles. The van der Waals surface area contributed by atoms with Gasteiger partial charge in [0.2, 0.25) is 5.95 Å². The highest BCUT2D eigenvalue weighted by Gasteiger charge is 2.09. The summed E-state index contributed by atoms with van der Waals surface area (Å²) in [5, 5.41) is 3.44. The quantitative estimate of drug-likeness (QED) is 0.840. The lowest BCUT2D eigenvalue weighted by molar-refractivity contribution is 0.430. The average Bonchev–Trinajstić information content (AvgIpc) is 2.15. The SMILES string of the molecule is Cc1ccnc(N(C)CCNC(C)(C)C)n1. The molecule has 0 aromatic carbocycles. The Kier molecular flexibility index (Phi) is 4.24. The van der Waals surface area contributed by atoms with Crippen LogP contribution >= 0.6 is 0 Å². The van der Waals surface area contributed by atoms with Gasteiger partial charge in [0.25, 0.3) is 0 Å². The first kappa shape index (κ1) is 12.9. The van der Waals surface area contributed by atoms with E-state index in [2.05, 4.69) is 41.0 Å². The molecule has 90 valence electrons. The van der Waals surface area contributed by atoms with Gasteiger partial charge in [-0.2, -0.15) is 0 Å². The molecule has 0 saturated carbocycles. The number of anilines is 1. The standard InChI is InChI=1S/C12H22N4/c1-10-6-7-13-11(15-10)16(5)9-8-14-12(2,3)4/h6-7,14H,8-9H2,1-5H3. The molecule has 4 heteroatoms. The maximum Gasteiger partial charge on any atom is 0.225 e. The lowest BCUT2D eigenvalue weighted by Crippen LogP contribution is -2.40. The van der Waals surface area contributed by atoms with Gasteiger partial charge in [-0.3, -0.25) is 0 Å². The monoisotopic (exact) mass is 222 g/mol. The lowest BCUT2D eigenvalue weighted by atomic mass is 10.1. The highest BCUT2D eigenvalue weighted by molar-refractivity contribution is 5.28. The van der Waals surface area contributed by atoms with Gasteiger partial charge in [0, 0.05) is 37.6 Å². The van der Waals surface area contributed by atoms with Gasteiger partial charge >= 0.3 is 0 Å². The lowest BCUT2D eigenvalue weighted by Gasteiger charge is -2.23. The van der Waals surface area contributed by atoms with Crippen LogP contribution in [-0.2, 0) is 0 Å². The van der Waals surface area contributed by atoms with Crippen molar-refractivity contribution in [3.63, 3.8) is 0 Å². The molecule has 0 atom stereocenters. The van der Waals surface area contributed by atoms with E-state index in [0.717, 1.165) is 24.7 Å². The average molecular weight is 222 g/mol. The Morgan fingerprint density at radius 1 is 1.38 bits per heavy atom. The van der Waals surface area contributed by atoms with E-state index in [9.17, 15) is 0 Å². The van der Waals surface area contributed by atoms with Crippen molar-refractivity contribution < 1.29 is 0 Å². The van der Waals surface area contributed by atoms with E-state index in [0.29, 0.717) is 0 Å². The number of nitrogens with zero attached hydrogens (tertiary/aromatic N) is 3. The number of nitrogens with one attached hydrogen (secondary N) is 1. The topological polar surface area (TPSA) is 41.1 Å². The van der Waals surface area contributed by atoms with Gasteiger partial charge in [-0.25, -0.2) is 9.97 Å². The summed E-state index contributed by atoms with van der Waals surface area (Å²) in [6.07, 6.45) is 1.80. The molecule has 0 bridgehead atoms. The van der Waals surface area contributed by atoms with Gasteiger partial charge in [-0.1, -0.05) is 0 Å². The molecule has 0 fully saturated rings. The Morgan fingerprint density at radius 3 is 2.62 bits per heavy atom. The first-order valence-electron chi connectivity index (χ1n) is 5.64. The first-order chi connectivity index (χ1) is 7.38. The zero-order valence-electron chi connectivity index (χ0n) is 10.9. The van der Waals surface area contributed by atoms with Crippen LogP contribution in [0.4, 0.5) is 5.95 Å². The van der Waals surface area contributed by atoms with Crippen LogP contribution < -0.4 is 10.2 Å². The van der Waals surface area contributed by atoms with Crippen molar-refractivity contribution in [3.05, 3.63) is 18.0 Å². The fraction of sp³-hybridized carbons (Fsp3) is 0.667. The smallest absolute Gasteiger partial charge is 0.225 e. The van der Waals surface area contributed by atoms with Crippen molar-refractivity contribution in [1.29, 1.82) is 0 Å². The predicted molar refractivity (Wildman–Crippen MR) is 67.8 cm³/mol. The number of aryl methyl sites for hydroxylation is 1. The van der Waals surface area contributed by atoms with Crippen LogP contribution in [0.15, 0.2) is 12.3 Å². The molecule has 16 heavy (non-hydrogen) atoms. The third-order valence-corrected chi connectivity index (χ3v) is 2.23. The van der Waals surface area contributed by atoms with Crippen LogP contribution in [0.5, 0.6) is 0 Å². The van der Waals surface area contributed by atoms with Crippen molar-refractivity contribution >= 4 is 5.95 Å². The van der Waals surface area contributed by atoms with Gasteiger partial charge in [0.1, 0.15) is 0 Å². The molecule has 1 N–H and O–H groups in total. The van der Waals surface area contributed by atoms with Gasteiger partial charge in [-0.15, -0.1) is 0 Å². The molecule has 0 aliphatic heterocycles. The molecule has 0 saturated heterocycles. The zero-order valence-corrected chi connectivity index (χ0v) is 10.9. The largest absolute Gasteiger partial charge is 0.343 e. The van der Waals surface area contributed by atoms with Gasteiger partial charge in [-0.05, 0) is 33.8 Å². The second-order valence-corrected chi connectivity index (χ2v) is 5.10. The summed E-state index contributed by atoms with van der Waals surface area (Å²) >= 11 is 0. The van der Waals surface area contributed by atoms with E-state index in [1.807, 2.05) is 20.0 Å². The maximum absolute atomic E-state index is 4.38. The van der Waals surface area contributed by atoms with Crippen LogP contribution in [0, 0.1) is 6.92 Å². The Morgan fingerprint density at radius 2 is 2.06 bits per heavy atom. The molecule has 0 unspecified atom stereocenters. The van der Waals surface area contributed by atoms with E-state index < -0.39 is 0 Å². The number of rotatable bonds is 4. The summed E-state index contributed by atoms with van der Waals surface area (Å²) in [6, 6.07) is 1.91. The van der Waals surface area contributed by atoms with Gasteiger partial charge in [0.05, 0.1) is 0 Å². The summed E-state index contributed by atoms with van der Waals surface area (Å²) < 4.78 is 0. The summed E-state index contributed by atoms with van der Waals surface area (Å²) in [7, 11) is 2.01. The molecular weight excluding hydrogens is 200 g/mol. The maximum atomic E-state index is 4.38. The Bertz CT molecular complexity index is 330. The van der Waals surface area contributed by atoms with Crippen molar-refractivity contribution in [2.75, 3.05) is 25.0 Å². The highest BCUT2D eigenvalue weighted by atomic mass is 15.2. The van der Waals surface area contributed by atoms with E-state index in [1.54, 1.807) is 6.20 Å². The summed E-state index contributed by atoms with van der Waals surface area (Å²) in [5.41, 5.74) is 1.16. The van der Waals surface area contributed by atoms with Crippen molar-refractivity contribution in [3.8, 4) is 0 Å².